The van der Waals surface area contributed by atoms with E-state index in [1.165, 1.54) is 12.8 Å². The molecule has 3 rings (SSSR count). The molecular formula is C12H13N3O2. The predicted molar refractivity (Wildman–Crippen MR) is 62.8 cm³/mol. The SMILES string of the molecule is Oc1ccccc1-c1nc(N2CCCC2)no1. The number of aromatic hydroxyl groups is 1. The first-order chi connectivity index (χ1) is 8.34. The van der Waals surface area contributed by atoms with E-state index < -0.39 is 0 Å². The second-order valence-electron chi connectivity index (χ2n) is 4.11. The van der Waals surface area contributed by atoms with Crippen molar-refractivity contribution in [3.05, 3.63) is 24.3 Å². The number of phenolic OH excluding ortho intramolecular Hbond substituents is 1. The summed E-state index contributed by atoms with van der Waals surface area (Å²) in [6.07, 6.45) is 2.33. The number of rotatable bonds is 2. The molecule has 0 atom stereocenters. The highest BCUT2D eigenvalue weighted by molar-refractivity contribution is 5.62. The average Bonchev–Trinajstić information content (AvgIpc) is 3.00. The van der Waals surface area contributed by atoms with Crippen molar-refractivity contribution in [1.82, 2.24) is 10.1 Å². The van der Waals surface area contributed by atoms with E-state index in [9.17, 15) is 5.11 Å². The van der Waals surface area contributed by atoms with Crippen molar-refractivity contribution < 1.29 is 9.63 Å². The normalized spacial score (nSPS) is 15.4. The molecular weight excluding hydrogens is 218 g/mol. The van der Waals surface area contributed by atoms with Crippen LogP contribution in [-0.4, -0.2) is 28.3 Å². The van der Waals surface area contributed by atoms with Gasteiger partial charge >= 0.3 is 0 Å². The highest BCUT2D eigenvalue weighted by Crippen LogP contribution is 2.28. The lowest BCUT2D eigenvalue weighted by molar-refractivity contribution is 0.424. The number of nitrogens with zero attached hydrogens (tertiary/aromatic N) is 3. The summed E-state index contributed by atoms with van der Waals surface area (Å²) in [6, 6.07) is 6.96. The molecule has 1 aliphatic heterocycles. The van der Waals surface area contributed by atoms with Crippen LogP contribution in [0.25, 0.3) is 11.5 Å². The Bertz CT molecular complexity index is 518. The van der Waals surface area contributed by atoms with Gasteiger partial charge in [0.25, 0.3) is 11.8 Å². The Morgan fingerprint density at radius 2 is 1.94 bits per heavy atom. The fraction of sp³-hybridized carbons (Fsp3) is 0.333. The fourth-order valence-electron chi connectivity index (χ4n) is 2.03. The molecule has 0 aliphatic carbocycles. The van der Waals surface area contributed by atoms with Crippen molar-refractivity contribution in [1.29, 1.82) is 0 Å². The largest absolute Gasteiger partial charge is 0.507 e. The van der Waals surface area contributed by atoms with Gasteiger partial charge in [-0.3, -0.25) is 0 Å². The first-order valence-corrected chi connectivity index (χ1v) is 5.71. The predicted octanol–water partition coefficient (Wildman–Crippen LogP) is 2.04. The first-order valence-electron chi connectivity index (χ1n) is 5.71. The van der Waals surface area contributed by atoms with Gasteiger partial charge in [0.15, 0.2) is 0 Å². The van der Waals surface area contributed by atoms with E-state index in [2.05, 4.69) is 15.0 Å². The van der Waals surface area contributed by atoms with Crippen molar-refractivity contribution in [3.8, 4) is 17.2 Å². The number of para-hydroxylation sites is 1. The molecule has 1 fully saturated rings. The topological polar surface area (TPSA) is 62.4 Å². The number of anilines is 1. The molecule has 2 heterocycles. The molecule has 0 spiro atoms. The zero-order valence-corrected chi connectivity index (χ0v) is 9.33. The van der Waals surface area contributed by atoms with Crippen LogP contribution >= 0.6 is 0 Å². The summed E-state index contributed by atoms with van der Waals surface area (Å²) >= 11 is 0. The van der Waals surface area contributed by atoms with Crippen LogP contribution in [0.15, 0.2) is 28.8 Å². The molecule has 5 heteroatoms. The average molecular weight is 231 g/mol. The molecule has 0 unspecified atom stereocenters. The molecule has 0 amide bonds. The number of hydrogen-bond acceptors (Lipinski definition) is 5. The number of hydrogen-bond donors (Lipinski definition) is 1. The van der Waals surface area contributed by atoms with Crippen LogP contribution in [0.3, 0.4) is 0 Å². The third kappa shape index (κ3) is 1.84. The Morgan fingerprint density at radius 3 is 2.71 bits per heavy atom. The van der Waals surface area contributed by atoms with Crippen LogP contribution in [0.4, 0.5) is 5.95 Å². The van der Waals surface area contributed by atoms with Gasteiger partial charge in [-0.05, 0) is 30.1 Å². The lowest BCUT2D eigenvalue weighted by atomic mass is 10.2. The zero-order chi connectivity index (χ0) is 11.7. The molecule has 1 aromatic carbocycles. The van der Waals surface area contributed by atoms with Gasteiger partial charge in [0, 0.05) is 13.1 Å². The molecule has 1 saturated heterocycles. The maximum Gasteiger partial charge on any atom is 0.266 e. The highest BCUT2D eigenvalue weighted by atomic mass is 16.5. The van der Waals surface area contributed by atoms with E-state index in [4.69, 9.17) is 4.52 Å². The molecule has 1 aromatic heterocycles. The minimum absolute atomic E-state index is 0.157. The van der Waals surface area contributed by atoms with Crippen LogP contribution < -0.4 is 4.90 Å². The molecule has 2 aromatic rings. The summed E-state index contributed by atoms with van der Waals surface area (Å²) in [5.41, 5.74) is 0.574. The van der Waals surface area contributed by atoms with Gasteiger partial charge in [-0.25, -0.2) is 0 Å². The maximum atomic E-state index is 9.70. The van der Waals surface area contributed by atoms with Crippen LogP contribution in [0.1, 0.15) is 12.8 Å². The van der Waals surface area contributed by atoms with Gasteiger partial charge in [0.1, 0.15) is 5.75 Å². The second kappa shape index (κ2) is 4.08. The fourth-order valence-corrected chi connectivity index (χ4v) is 2.03. The second-order valence-corrected chi connectivity index (χ2v) is 4.11. The molecule has 0 radical (unpaired) electrons. The maximum absolute atomic E-state index is 9.70. The van der Waals surface area contributed by atoms with E-state index in [1.54, 1.807) is 18.2 Å². The van der Waals surface area contributed by atoms with Crippen LogP contribution in [-0.2, 0) is 0 Å². The van der Waals surface area contributed by atoms with Crippen LogP contribution in [0.2, 0.25) is 0 Å². The lowest BCUT2D eigenvalue weighted by Gasteiger charge is -2.09. The molecule has 5 nitrogen and oxygen atoms in total. The van der Waals surface area contributed by atoms with Crippen molar-refractivity contribution in [2.45, 2.75) is 12.8 Å². The Balaban J connectivity index is 1.92. The van der Waals surface area contributed by atoms with Gasteiger partial charge in [0.05, 0.1) is 5.56 Å². The first kappa shape index (κ1) is 10.1. The van der Waals surface area contributed by atoms with Crippen LogP contribution in [0, 0.1) is 0 Å². The number of aromatic nitrogens is 2. The molecule has 1 aliphatic rings. The molecule has 0 bridgehead atoms. The minimum Gasteiger partial charge on any atom is -0.507 e. The van der Waals surface area contributed by atoms with Crippen molar-refractivity contribution in [3.63, 3.8) is 0 Å². The van der Waals surface area contributed by atoms with Gasteiger partial charge < -0.3 is 14.5 Å². The Kier molecular flexibility index (Phi) is 2.44. The smallest absolute Gasteiger partial charge is 0.266 e. The summed E-state index contributed by atoms with van der Waals surface area (Å²) in [4.78, 5) is 6.40. The summed E-state index contributed by atoms with van der Waals surface area (Å²) in [6.45, 7) is 1.94. The standard InChI is InChI=1S/C12H13N3O2/c16-10-6-2-1-5-9(10)11-13-12(14-17-11)15-7-3-4-8-15/h1-2,5-6,16H,3-4,7-8H2. The van der Waals surface area contributed by atoms with E-state index in [0.29, 0.717) is 17.4 Å². The summed E-state index contributed by atoms with van der Waals surface area (Å²) in [5.74, 6) is 1.13. The summed E-state index contributed by atoms with van der Waals surface area (Å²) in [5, 5.41) is 13.6. The number of phenols is 1. The minimum atomic E-state index is 0.157. The summed E-state index contributed by atoms with van der Waals surface area (Å²) in [7, 11) is 0. The van der Waals surface area contributed by atoms with Gasteiger partial charge in [-0.2, -0.15) is 4.98 Å². The Labute approximate surface area is 98.7 Å². The third-order valence-electron chi connectivity index (χ3n) is 2.94. The molecule has 88 valence electrons. The van der Waals surface area contributed by atoms with Gasteiger partial charge in [0.2, 0.25) is 0 Å². The molecule has 0 saturated carbocycles. The van der Waals surface area contributed by atoms with Crippen molar-refractivity contribution >= 4 is 5.95 Å². The van der Waals surface area contributed by atoms with Crippen molar-refractivity contribution in [2.24, 2.45) is 0 Å². The lowest BCUT2D eigenvalue weighted by Crippen LogP contribution is -2.18. The van der Waals surface area contributed by atoms with Crippen LogP contribution in [0.5, 0.6) is 5.75 Å². The van der Waals surface area contributed by atoms with Gasteiger partial charge in [-0.15, -0.1) is 0 Å². The van der Waals surface area contributed by atoms with Gasteiger partial charge in [-0.1, -0.05) is 12.1 Å². The Morgan fingerprint density at radius 1 is 1.18 bits per heavy atom. The quantitative estimate of drug-likeness (QED) is 0.856. The van der Waals surface area contributed by atoms with Crippen molar-refractivity contribution in [2.75, 3.05) is 18.0 Å². The van der Waals surface area contributed by atoms with E-state index >= 15 is 0 Å². The molecule has 1 N–H and O–H groups in total. The number of benzene rings is 1. The summed E-state index contributed by atoms with van der Waals surface area (Å²) < 4.78 is 5.18. The van der Waals surface area contributed by atoms with E-state index in [0.717, 1.165) is 13.1 Å². The monoisotopic (exact) mass is 231 g/mol. The zero-order valence-electron chi connectivity index (χ0n) is 9.33. The third-order valence-corrected chi connectivity index (χ3v) is 2.94. The van der Waals surface area contributed by atoms with E-state index in [-0.39, 0.29) is 5.75 Å². The highest BCUT2D eigenvalue weighted by Gasteiger charge is 2.19. The van der Waals surface area contributed by atoms with E-state index in [1.807, 2.05) is 6.07 Å². The molecule has 17 heavy (non-hydrogen) atoms. The Hall–Kier alpha value is -2.04.